The normalized spacial score (nSPS) is 54.2. The van der Waals surface area contributed by atoms with Gasteiger partial charge in [-0.05, 0) is 110 Å². The largest absolute Gasteiger partial charge is 0.481 e. The Kier molecular flexibility index (Phi) is 10.9. The third-order valence-corrected chi connectivity index (χ3v) is 17.3. The molecule has 14 nitrogen and oxygen atoms in total. The molecule has 56 heavy (non-hydrogen) atoms. The van der Waals surface area contributed by atoms with Crippen LogP contribution in [0.5, 0.6) is 0 Å². The Labute approximate surface area is 329 Å². The molecule has 0 bridgehead atoms. The Balaban J connectivity index is 1.13. The lowest BCUT2D eigenvalue weighted by atomic mass is 9.33. The molecule has 7 aliphatic rings. The molecule has 19 atom stereocenters. The van der Waals surface area contributed by atoms with Crippen LogP contribution >= 0.6 is 0 Å². The van der Waals surface area contributed by atoms with Crippen molar-refractivity contribution in [3.63, 3.8) is 0 Å². The number of hydrogen-bond acceptors (Lipinski definition) is 13. The summed E-state index contributed by atoms with van der Waals surface area (Å²) in [5.74, 6) is -0.828. The minimum absolute atomic E-state index is 0.0284. The summed E-state index contributed by atoms with van der Waals surface area (Å²) in [6.45, 7) is 14.0. The van der Waals surface area contributed by atoms with E-state index in [1.54, 1.807) is 0 Å². The number of carbonyl (C=O) groups excluding carboxylic acids is 1. The summed E-state index contributed by atoms with van der Waals surface area (Å²) >= 11 is 0. The van der Waals surface area contributed by atoms with Crippen molar-refractivity contribution in [1.82, 2.24) is 0 Å². The molecule has 2 heterocycles. The zero-order valence-corrected chi connectivity index (χ0v) is 34.0. The number of carboxylic acids is 1. The van der Waals surface area contributed by atoms with E-state index in [4.69, 9.17) is 18.9 Å². The first-order valence-corrected chi connectivity index (χ1v) is 20.8. The highest BCUT2D eigenvalue weighted by Crippen LogP contribution is 2.75. The number of carbonyl (C=O) groups is 2. The van der Waals surface area contributed by atoms with Crippen LogP contribution in [-0.2, 0) is 28.5 Å². The summed E-state index contributed by atoms with van der Waals surface area (Å²) in [6.07, 6.45) is -7.21. The number of fused-ring (bicyclic) bond motifs is 7. The summed E-state index contributed by atoms with van der Waals surface area (Å²) in [5, 5.41) is 83.9. The molecule has 318 valence electrons. The summed E-state index contributed by atoms with van der Waals surface area (Å²) in [6, 6.07) is 0. The molecule has 2 saturated heterocycles. The summed E-state index contributed by atoms with van der Waals surface area (Å²) < 4.78 is 23.9. The Bertz CT molecular complexity index is 1570. The Hall–Kier alpha value is -1.56. The second kappa shape index (κ2) is 14.3. The molecule has 7 rings (SSSR count). The smallest absolute Gasteiger partial charge is 0.309 e. The molecule has 5 aliphatic carbocycles. The van der Waals surface area contributed by atoms with E-state index < -0.39 is 103 Å². The van der Waals surface area contributed by atoms with Crippen molar-refractivity contribution in [2.75, 3.05) is 13.2 Å². The van der Waals surface area contributed by atoms with Crippen LogP contribution in [0.2, 0.25) is 0 Å². The topological polar surface area (TPSA) is 233 Å². The zero-order chi connectivity index (χ0) is 41.1. The number of ether oxygens (including phenoxy) is 4. The van der Waals surface area contributed by atoms with Crippen molar-refractivity contribution < 1.29 is 69.4 Å². The van der Waals surface area contributed by atoms with Crippen molar-refractivity contribution in [1.29, 1.82) is 0 Å². The van der Waals surface area contributed by atoms with Crippen LogP contribution in [0.15, 0.2) is 11.6 Å². The third-order valence-electron chi connectivity index (χ3n) is 17.3. The van der Waals surface area contributed by atoms with E-state index in [2.05, 4.69) is 41.5 Å². The van der Waals surface area contributed by atoms with E-state index in [1.807, 2.05) is 13.0 Å². The molecule has 4 saturated carbocycles. The molecule has 5 unspecified atom stereocenters. The van der Waals surface area contributed by atoms with Crippen molar-refractivity contribution in [3.8, 4) is 0 Å². The van der Waals surface area contributed by atoms with E-state index >= 15 is 0 Å². The SMILES string of the molecule is CC1(C)C(O[C@@H]2O[C@H](CO)[C@@H](O)[C@H](O[C@@H]3O[C@H](CO)[C@@H](O)[C@H](O)[C@H]3O)[C@H]2O)CC[C@@]2(C)C1CC[C@]1(C)C2C(=O)C=C2C3C[C@@](C)(C(=O)O)CC[C@]3(C)CCC21C. The molecule has 0 aromatic rings. The number of aliphatic carboxylic acids is 1. The average molecular weight is 795 g/mol. The first-order valence-electron chi connectivity index (χ1n) is 20.8. The van der Waals surface area contributed by atoms with Crippen molar-refractivity contribution >= 4 is 11.8 Å². The fraction of sp³-hybridized carbons (Fsp3) is 0.905. The molecular formula is C42H66O14. The van der Waals surface area contributed by atoms with Crippen LogP contribution in [0, 0.1) is 50.2 Å². The monoisotopic (exact) mass is 794 g/mol. The van der Waals surface area contributed by atoms with Crippen molar-refractivity contribution in [2.45, 2.75) is 174 Å². The van der Waals surface area contributed by atoms with Crippen LogP contribution in [-0.4, -0.2) is 133 Å². The first-order chi connectivity index (χ1) is 26.0. The quantitative estimate of drug-likeness (QED) is 0.173. The van der Waals surface area contributed by atoms with Gasteiger partial charge >= 0.3 is 5.97 Å². The molecule has 0 aromatic carbocycles. The maximum absolute atomic E-state index is 14.8. The predicted molar refractivity (Wildman–Crippen MR) is 198 cm³/mol. The van der Waals surface area contributed by atoms with E-state index in [9.17, 15) is 50.4 Å². The fourth-order valence-corrected chi connectivity index (χ4v) is 13.4. The number of rotatable bonds is 7. The van der Waals surface area contributed by atoms with Crippen LogP contribution in [0.1, 0.15) is 106 Å². The lowest BCUT2D eigenvalue weighted by molar-refractivity contribution is -0.369. The molecule has 6 fully saturated rings. The maximum Gasteiger partial charge on any atom is 0.309 e. The van der Waals surface area contributed by atoms with Gasteiger partial charge < -0.3 is 59.8 Å². The second-order valence-corrected chi connectivity index (χ2v) is 20.5. The third kappa shape index (κ3) is 6.13. The average Bonchev–Trinajstić information content (AvgIpc) is 3.13. The number of carboxylic acid groups (broad SMARTS) is 1. The summed E-state index contributed by atoms with van der Waals surface area (Å²) in [5.41, 5.74) is -1.25. The lowest BCUT2D eigenvalue weighted by Crippen LogP contribution is -2.67. The van der Waals surface area contributed by atoms with Gasteiger partial charge in [0.15, 0.2) is 18.4 Å². The van der Waals surface area contributed by atoms with Gasteiger partial charge in [0.05, 0.1) is 24.7 Å². The highest BCUT2D eigenvalue weighted by Gasteiger charge is 2.70. The highest BCUT2D eigenvalue weighted by molar-refractivity contribution is 5.95. The molecule has 14 heteroatoms. The molecule has 8 N–H and O–H groups in total. The van der Waals surface area contributed by atoms with Gasteiger partial charge in [-0.1, -0.05) is 47.1 Å². The Morgan fingerprint density at radius 3 is 1.98 bits per heavy atom. The minimum Gasteiger partial charge on any atom is -0.481 e. The number of aliphatic hydroxyl groups excluding tert-OH is 7. The van der Waals surface area contributed by atoms with Crippen molar-refractivity contribution in [3.05, 3.63) is 11.6 Å². The predicted octanol–water partition coefficient (Wildman–Crippen LogP) is 2.06. The van der Waals surface area contributed by atoms with E-state index in [0.717, 1.165) is 37.7 Å². The van der Waals surface area contributed by atoms with E-state index in [-0.39, 0.29) is 39.8 Å². The lowest BCUT2D eigenvalue weighted by Gasteiger charge is -2.70. The summed E-state index contributed by atoms with van der Waals surface area (Å²) in [7, 11) is 0. The van der Waals surface area contributed by atoms with E-state index in [0.29, 0.717) is 25.7 Å². The van der Waals surface area contributed by atoms with Gasteiger partial charge in [0.1, 0.15) is 48.8 Å². The molecular weight excluding hydrogens is 728 g/mol. The molecule has 0 spiro atoms. The number of allylic oxidation sites excluding steroid dienone is 2. The molecule has 0 aromatic heterocycles. The molecule has 2 aliphatic heterocycles. The fourth-order valence-electron chi connectivity index (χ4n) is 13.4. The maximum atomic E-state index is 14.8. The number of aliphatic hydroxyl groups is 7. The standard InChI is InChI=1S/C42H66O14/c1-37(2)25-8-11-42(7)33(22(45)16-20-21-17-39(4,36(51)52)13-12-38(21,3)14-15-41(20,42)6)40(25,5)10-9-26(37)55-35-31(50)32(28(47)24(19-44)54-35)56-34-30(49)29(48)27(46)23(18-43)53-34/h16,21,23-35,43-44,46-50H,8-15,17-19H2,1-7H3,(H,51,52)/t21?,23-,24-,25?,26?,27-,28-,29+,30-,31-,32+,33?,34+,35+,38-,39+,40+,41?,42-/m1/s1. The second-order valence-electron chi connectivity index (χ2n) is 20.5. The minimum atomic E-state index is -1.78. The van der Waals surface area contributed by atoms with Crippen LogP contribution in [0.3, 0.4) is 0 Å². The number of ketones is 1. The first kappa shape index (κ1) is 42.6. The van der Waals surface area contributed by atoms with Gasteiger partial charge in [0.2, 0.25) is 0 Å². The van der Waals surface area contributed by atoms with E-state index in [1.165, 1.54) is 0 Å². The van der Waals surface area contributed by atoms with Crippen LogP contribution < -0.4 is 0 Å². The van der Waals surface area contributed by atoms with Crippen LogP contribution in [0.4, 0.5) is 0 Å². The van der Waals surface area contributed by atoms with Gasteiger partial charge in [-0.15, -0.1) is 0 Å². The Morgan fingerprint density at radius 2 is 1.36 bits per heavy atom. The highest BCUT2D eigenvalue weighted by atomic mass is 16.7. The zero-order valence-electron chi connectivity index (χ0n) is 34.0. The molecule has 0 amide bonds. The van der Waals surface area contributed by atoms with Gasteiger partial charge in [0, 0.05) is 5.92 Å². The molecule has 0 radical (unpaired) electrons. The Morgan fingerprint density at radius 1 is 0.750 bits per heavy atom. The number of hydrogen-bond donors (Lipinski definition) is 8. The van der Waals surface area contributed by atoms with Crippen molar-refractivity contribution in [2.24, 2.45) is 50.2 Å². The summed E-state index contributed by atoms with van der Waals surface area (Å²) in [4.78, 5) is 27.3. The van der Waals surface area contributed by atoms with Gasteiger partial charge in [-0.2, -0.15) is 0 Å². The van der Waals surface area contributed by atoms with Gasteiger partial charge in [-0.25, -0.2) is 0 Å². The van der Waals surface area contributed by atoms with Crippen LogP contribution in [0.25, 0.3) is 0 Å². The van der Waals surface area contributed by atoms with Gasteiger partial charge in [0.25, 0.3) is 0 Å². The van der Waals surface area contributed by atoms with Gasteiger partial charge in [-0.3, -0.25) is 9.59 Å².